The third-order valence-electron chi connectivity index (χ3n) is 4.62. The van der Waals surface area contributed by atoms with E-state index in [1.165, 1.54) is 0 Å². The SMILES string of the molecule is COc1ccc(C(NC(=O)C[C@@H]2CCC[C@H]2N)C(C)C)cc1.Cl. The first-order valence-electron chi connectivity index (χ1n) is 8.20. The van der Waals surface area contributed by atoms with Crippen molar-refractivity contribution in [1.82, 2.24) is 5.32 Å². The number of hydrogen-bond donors (Lipinski definition) is 2. The summed E-state index contributed by atoms with van der Waals surface area (Å²) in [5.41, 5.74) is 7.18. The van der Waals surface area contributed by atoms with Gasteiger partial charge in [-0.2, -0.15) is 0 Å². The van der Waals surface area contributed by atoms with Crippen LogP contribution in [0.3, 0.4) is 0 Å². The van der Waals surface area contributed by atoms with E-state index in [-0.39, 0.29) is 30.4 Å². The van der Waals surface area contributed by atoms with E-state index >= 15 is 0 Å². The Morgan fingerprint density at radius 3 is 2.43 bits per heavy atom. The minimum absolute atomic E-state index is 0. The smallest absolute Gasteiger partial charge is 0.220 e. The van der Waals surface area contributed by atoms with Crippen molar-refractivity contribution in [1.29, 1.82) is 0 Å². The highest BCUT2D eigenvalue weighted by Gasteiger charge is 2.27. The molecule has 1 unspecified atom stereocenters. The molecule has 0 bridgehead atoms. The molecule has 1 fully saturated rings. The van der Waals surface area contributed by atoms with Crippen LogP contribution in [-0.2, 0) is 4.79 Å². The van der Waals surface area contributed by atoms with Crippen LogP contribution in [0.5, 0.6) is 5.75 Å². The first-order valence-corrected chi connectivity index (χ1v) is 8.20. The Kier molecular flexibility index (Phi) is 7.86. The van der Waals surface area contributed by atoms with Gasteiger partial charge < -0.3 is 15.8 Å². The maximum atomic E-state index is 12.4. The number of hydrogen-bond acceptors (Lipinski definition) is 3. The van der Waals surface area contributed by atoms with Crippen LogP contribution in [0, 0.1) is 11.8 Å². The van der Waals surface area contributed by atoms with Gasteiger partial charge in [0.15, 0.2) is 0 Å². The van der Waals surface area contributed by atoms with E-state index in [1.807, 2.05) is 24.3 Å². The number of rotatable bonds is 6. The van der Waals surface area contributed by atoms with Crippen LogP contribution >= 0.6 is 12.4 Å². The third-order valence-corrected chi connectivity index (χ3v) is 4.62. The van der Waals surface area contributed by atoms with Crippen molar-refractivity contribution in [2.45, 2.75) is 51.6 Å². The molecular formula is C18H29ClN2O2. The second-order valence-electron chi connectivity index (χ2n) is 6.62. The molecular weight excluding hydrogens is 312 g/mol. The van der Waals surface area contributed by atoms with E-state index in [0.717, 1.165) is 30.6 Å². The third kappa shape index (κ3) is 5.40. The van der Waals surface area contributed by atoms with Gasteiger partial charge in [0.25, 0.3) is 0 Å². The van der Waals surface area contributed by atoms with Crippen molar-refractivity contribution < 1.29 is 9.53 Å². The predicted octanol–water partition coefficient (Wildman–Crippen LogP) is 3.45. The lowest BCUT2D eigenvalue weighted by atomic mass is 9.94. The molecule has 3 atom stereocenters. The van der Waals surface area contributed by atoms with Gasteiger partial charge in [-0.05, 0) is 42.4 Å². The van der Waals surface area contributed by atoms with Gasteiger partial charge in [0.1, 0.15) is 5.75 Å². The minimum atomic E-state index is 0. The molecule has 0 heterocycles. The second kappa shape index (κ2) is 9.14. The summed E-state index contributed by atoms with van der Waals surface area (Å²) in [6.07, 6.45) is 3.80. The summed E-state index contributed by atoms with van der Waals surface area (Å²) in [7, 11) is 1.65. The average Bonchev–Trinajstić information content (AvgIpc) is 2.90. The molecule has 1 aliphatic carbocycles. The summed E-state index contributed by atoms with van der Waals surface area (Å²) in [5, 5.41) is 3.18. The molecule has 1 amide bonds. The van der Waals surface area contributed by atoms with Crippen molar-refractivity contribution in [2.24, 2.45) is 17.6 Å². The minimum Gasteiger partial charge on any atom is -0.497 e. The number of nitrogens with two attached hydrogens (primary N) is 1. The number of benzene rings is 1. The molecule has 2 rings (SSSR count). The molecule has 0 aliphatic heterocycles. The summed E-state index contributed by atoms with van der Waals surface area (Å²) >= 11 is 0. The molecule has 3 N–H and O–H groups in total. The molecule has 1 saturated carbocycles. The van der Waals surface area contributed by atoms with Gasteiger partial charge in [-0.15, -0.1) is 12.4 Å². The zero-order valence-corrected chi connectivity index (χ0v) is 15.1. The van der Waals surface area contributed by atoms with E-state index in [0.29, 0.717) is 18.3 Å². The Bertz CT molecular complexity index is 490. The van der Waals surface area contributed by atoms with Crippen LogP contribution in [0.1, 0.15) is 51.1 Å². The van der Waals surface area contributed by atoms with Gasteiger partial charge in [-0.3, -0.25) is 4.79 Å². The van der Waals surface area contributed by atoms with Gasteiger partial charge in [0.05, 0.1) is 13.2 Å². The fourth-order valence-corrected chi connectivity index (χ4v) is 3.24. The lowest BCUT2D eigenvalue weighted by molar-refractivity contribution is -0.123. The van der Waals surface area contributed by atoms with Crippen LogP contribution in [0.15, 0.2) is 24.3 Å². The average molecular weight is 341 g/mol. The highest BCUT2D eigenvalue weighted by Crippen LogP contribution is 2.28. The number of carbonyl (C=O) groups is 1. The Morgan fingerprint density at radius 2 is 1.96 bits per heavy atom. The van der Waals surface area contributed by atoms with Crippen molar-refractivity contribution in [3.8, 4) is 5.75 Å². The molecule has 1 aromatic carbocycles. The zero-order chi connectivity index (χ0) is 16.1. The van der Waals surface area contributed by atoms with Crippen molar-refractivity contribution in [3.63, 3.8) is 0 Å². The molecule has 0 radical (unpaired) electrons. The number of methoxy groups -OCH3 is 1. The predicted molar refractivity (Wildman–Crippen MR) is 95.9 cm³/mol. The first-order chi connectivity index (χ1) is 10.5. The quantitative estimate of drug-likeness (QED) is 0.833. The molecule has 23 heavy (non-hydrogen) atoms. The van der Waals surface area contributed by atoms with Gasteiger partial charge in [-0.1, -0.05) is 32.4 Å². The van der Waals surface area contributed by atoms with E-state index < -0.39 is 0 Å². The summed E-state index contributed by atoms with van der Waals surface area (Å²) in [5.74, 6) is 1.60. The fraction of sp³-hybridized carbons (Fsp3) is 0.611. The van der Waals surface area contributed by atoms with E-state index in [4.69, 9.17) is 10.5 Å². The molecule has 1 aliphatic rings. The van der Waals surface area contributed by atoms with Crippen molar-refractivity contribution in [3.05, 3.63) is 29.8 Å². The number of nitrogens with one attached hydrogen (secondary N) is 1. The zero-order valence-electron chi connectivity index (χ0n) is 14.2. The topological polar surface area (TPSA) is 64.3 Å². The van der Waals surface area contributed by atoms with Gasteiger partial charge in [-0.25, -0.2) is 0 Å². The maximum absolute atomic E-state index is 12.4. The monoisotopic (exact) mass is 340 g/mol. The van der Waals surface area contributed by atoms with Gasteiger partial charge in [0.2, 0.25) is 5.91 Å². The number of ether oxygens (including phenoxy) is 1. The van der Waals surface area contributed by atoms with Crippen molar-refractivity contribution >= 4 is 18.3 Å². The highest BCUT2D eigenvalue weighted by molar-refractivity contribution is 5.85. The molecule has 0 saturated heterocycles. The Hall–Kier alpha value is -1.26. The second-order valence-corrected chi connectivity index (χ2v) is 6.62. The number of amides is 1. The molecule has 1 aromatic rings. The molecule has 130 valence electrons. The van der Waals surface area contributed by atoms with Gasteiger partial charge >= 0.3 is 0 Å². The van der Waals surface area contributed by atoms with Gasteiger partial charge in [0, 0.05) is 12.5 Å². The first kappa shape index (κ1) is 19.8. The maximum Gasteiger partial charge on any atom is 0.220 e. The summed E-state index contributed by atoms with van der Waals surface area (Å²) in [6, 6.07) is 8.12. The molecule has 0 spiro atoms. The van der Waals surface area contributed by atoms with Crippen LogP contribution in [0.2, 0.25) is 0 Å². The number of carbonyl (C=O) groups excluding carboxylic acids is 1. The standard InChI is InChI=1S/C18H28N2O2.ClH/c1-12(2)18(13-7-9-15(22-3)10-8-13)20-17(21)11-14-5-4-6-16(14)19;/h7-10,12,14,16,18H,4-6,11,19H2,1-3H3,(H,20,21);1H/t14-,16+,18?;/m0./s1. The lowest BCUT2D eigenvalue weighted by Crippen LogP contribution is -2.35. The van der Waals surface area contributed by atoms with Crippen molar-refractivity contribution in [2.75, 3.05) is 7.11 Å². The lowest BCUT2D eigenvalue weighted by Gasteiger charge is -2.24. The van der Waals surface area contributed by atoms with E-state index in [2.05, 4.69) is 19.2 Å². The van der Waals surface area contributed by atoms with Crippen LogP contribution < -0.4 is 15.8 Å². The van der Waals surface area contributed by atoms with Crippen LogP contribution in [0.4, 0.5) is 0 Å². The number of halogens is 1. The molecule has 5 heteroatoms. The summed E-state index contributed by atoms with van der Waals surface area (Å²) < 4.78 is 5.19. The van der Waals surface area contributed by atoms with Crippen LogP contribution in [0.25, 0.3) is 0 Å². The fourth-order valence-electron chi connectivity index (χ4n) is 3.24. The molecule has 0 aromatic heterocycles. The van der Waals surface area contributed by atoms with Crippen LogP contribution in [-0.4, -0.2) is 19.1 Å². The Labute approximate surface area is 145 Å². The highest BCUT2D eigenvalue weighted by atomic mass is 35.5. The van der Waals surface area contributed by atoms with E-state index in [1.54, 1.807) is 7.11 Å². The largest absolute Gasteiger partial charge is 0.497 e. The Balaban J connectivity index is 0.00000264. The summed E-state index contributed by atoms with van der Waals surface area (Å²) in [4.78, 5) is 12.4. The van der Waals surface area contributed by atoms with E-state index in [9.17, 15) is 4.79 Å². The normalized spacial score (nSPS) is 21.6. The summed E-state index contributed by atoms with van der Waals surface area (Å²) in [6.45, 7) is 4.24. The Morgan fingerprint density at radius 1 is 1.30 bits per heavy atom. The molecule has 4 nitrogen and oxygen atoms in total.